The minimum absolute atomic E-state index is 0.135. The van der Waals surface area contributed by atoms with Crippen molar-refractivity contribution in [2.24, 2.45) is 0 Å². The molecule has 12 nitrogen and oxygen atoms in total. The predicted octanol–water partition coefficient (Wildman–Crippen LogP) is 2.80. The Bertz CT molecular complexity index is 1340. The predicted molar refractivity (Wildman–Crippen MR) is 153 cm³/mol. The van der Waals surface area contributed by atoms with Crippen molar-refractivity contribution in [1.82, 2.24) is 9.80 Å². The number of nitrogens with zero attached hydrogens (tertiary/aromatic N) is 3. The topological polar surface area (TPSA) is 168 Å². The molecule has 0 fully saturated rings. The summed E-state index contributed by atoms with van der Waals surface area (Å²) in [5.74, 6) is -2.24. The lowest BCUT2D eigenvalue weighted by Gasteiger charge is -2.20. The number of hydrogen-bond donors (Lipinski definition) is 2. The van der Waals surface area contributed by atoms with E-state index < -0.39 is 22.0 Å². The first kappa shape index (κ1) is 33.9. The quantitative estimate of drug-likeness (QED) is 0.318. The van der Waals surface area contributed by atoms with Gasteiger partial charge in [0.15, 0.2) is 0 Å². The van der Waals surface area contributed by atoms with E-state index in [4.69, 9.17) is 10.8 Å². The van der Waals surface area contributed by atoms with Crippen LogP contribution in [0.4, 0.5) is 11.4 Å². The van der Waals surface area contributed by atoms with Gasteiger partial charge in [-0.3, -0.25) is 13.9 Å². The number of nitrogen functional groups attached to an aromatic ring is 1. The summed E-state index contributed by atoms with van der Waals surface area (Å²) in [7, 11) is 2.36. The molecular weight excluding hydrogens is 540 g/mol. The van der Waals surface area contributed by atoms with Crippen molar-refractivity contribution in [3.05, 3.63) is 58.7 Å². The maximum absolute atomic E-state index is 12.3. The molecule has 3 N–H and O–H groups in total. The maximum Gasteiger partial charge on any atom is 0.337 e. The summed E-state index contributed by atoms with van der Waals surface area (Å²) >= 11 is 0. The molecule has 2 amide bonds. The van der Waals surface area contributed by atoms with Gasteiger partial charge in [-0.1, -0.05) is 13.8 Å². The van der Waals surface area contributed by atoms with Gasteiger partial charge in [0.05, 0.1) is 30.2 Å². The van der Waals surface area contributed by atoms with Crippen LogP contribution >= 0.6 is 0 Å². The lowest BCUT2D eigenvalue weighted by molar-refractivity contribution is 0.0599. The van der Waals surface area contributed by atoms with Crippen LogP contribution in [0, 0.1) is 0 Å². The minimum atomic E-state index is -3.56. The Morgan fingerprint density at radius 2 is 1.23 bits per heavy atom. The van der Waals surface area contributed by atoms with Crippen molar-refractivity contribution in [2.45, 2.75) is 26.7 Å². The zero-order chi connectivity index (χ0) is 30.8. The van der Waals surface area contributed by atoms with Gasteiger partial charge >= 0.3 is 11.9 Å². The molecule has 2 rings (SSSR count). The molecule has 0 heterocycles. The number of carboxylic acids is 1. The Balaban J connectivity index is 0.000000408. The summed E-state index contributed by atoms with van der Waals surface area (Å²) in [6.07, 6.45) is 2.64. The Kier molecular flexibility index (Phi) is 12.6. The van der Waals surface area contributed by atoms with Crippen LogP contribution in [0.3, 0.4) is 0 Å². The largest absolute Gasteiger partial charge is 0.478 e. The number of sulfonamides is 1. The number of nitrogens with two attached hydrogens (primary N) is 1. The Hall–Kier alpha value is -4.13. The number of aromatic carboxylic acids is 1. The molecule has 0 aliphatic carbocycles. The summed E-state index contributed by atoms with van der Waals surface area (Å²) in [4.78, 5) is 50.1. The maximum atomic E-state index is 12.3. The number of hydrogen-bond acceptors (Lipinski definition) is 8. The van der Waals surface area contributed by atoms with Crippen molar-refractivity contribution in [2.75, 3.05) is 57.6 Å². The number of anilines is 2. The molecule has 0 aliphatic rings. The molecule has 220 valence electrons. The molecule has 0 aromatic heterocycles. The van der Waals surface area contributed by atoms with Gasteiger partial charge in [0.1, 0.15) is 0 Å². The van der Waals surface area contributed by atoms with E-state index in [0.29, 0.717) is 24.3 Å². The SMILES string of the molecule is CCCN(C)C(=O)c1cc(C(=O)O)cc(N(C)S(C)(=O)=O)c1.CCCN(C)C(=O)c1cc(N)cc(C(=O)OC)c1. The number of carbonyl (C=O) groups excluding carboxylic acids is 3. The smallest absolute Gasteiger partial charge is 0.337 e. The molecule has 0 aliphatic heterocycles. The molecule has 2 aromatic rings. The summed E-state index contributed by atoms with van der Waals surface area (Å²) in [5, 5.41) is 9.15. The van der Waals surface area contributed by atoms with Gasteiger partial charge in [-0.05, 0) is 49.2 Å². The van der Waals surface area contributed by atoms with Crippen molar-refractivity contribution in [3.8, 4) is 0 Å². The summed E-state index contributed by atoms with van der Waals surface area (Å²) < 4.78 is 28.8. The Morgan fingerprint density at radius 1 is 0.800 bits per heavy atom. The number of carbonyl (C=O) groups is 4. The van der Waals surface area contributed by atoms with Gasteiger partial charge in [-0.2, -0.15) is 0 Å². The monoisotopic (exact) mass is 578 g/mol. The zero-order valence-electron chi connectivity index (χ0n) is 23.9. The van der Waals surface area contributed by atoms with E-state index in [1.54, 1.807) is 25.1 Å². The van der Waals surface area contributed by atoms with Crippen LogP contribution < -0.4 is 10.0 Å². The molecule has 0 radical (unpaired) electrons. The number of benzene rings is 2. The molecule has 0 spiro atoms. The highest BCUT2D eigenvalue weighted by molar-refractivity contribution is 7.92. The summed E-state index contributed by atoms with van der Waals surface area (Å²) in [5.41, 5.74) is 6.87. The third kappa shape index (κ3) is 9.56. The molecule has 13 heteroatoms. The number of esters is 1. The highest BCUT2D eigenvalue weighted by atomic mass is 32.2. The summed E-state index contributed by atoms with van der Waals surface area (Å²) in [6.45, 7) is 5.08. The molecule has 0 saturated carbocycles. The van der Waals surface area contributed by atoms with Crippen LogP contribution in [0.1, 0.15) is 68.1 Å². The van der Waals surface area contributed by atoms with Crippen LogP contribution in [-0.4, -0.2) is 94.7 Å². The molecule has 0 atom stereocenters. The van der Waals surface area contributed by atoms with Crippen LogP contribution in [0.15, 0.2) is 36.4 Å². The third-order valence-electron chi connectivity index (χ3n) is 5.71. The normalized spacial score (nSPS) is 10.6. The van der Waals surface area contributed by atoms with Crippen LogP contribution in [0.5, 0.6) is 0 Å². The van der Waals surface area contributed by atoms with E-state index in [0.717, 1.165) is 23.4 Å². The van der Waals surface area contributed by atoms with E-state index in [2.05, 4.69) is 4.74 Å². The Morgan fingerprint density at radius 3 is 1.65 bits per heavy atom. The van der Waals surface area contributed by atoms with E-state index in [1.165, 1.54) is 49.4 Å². The third-order valence-corrected chi connectivity index (χ3v) is 6.91. The summed E-state index contributed by atoms with van der Waals surface area (Å²) in [6, 6.07) is 8.39. The standard InChI is InChI=1S/C14H20N2O5S.C13H18N2O3/c1-5-6-15(2)13(17)10-7-11(14(18)19)9-12(8-10)16(3)22(4,20)21;1-4-5-15(2)12(16)9-6-10(13(17)18-3)8-11(14)7-9/h7-9H,5-6H2,1-4H3,(H,18,19);6-8H,4-5,14H2,1-3H3. The van der Waals surface area contributed by atoms with Crippen molar-refractivity contribution < 1.29 is 37.4 Å². The fourth-order valence-corrected chi connectivity index (χ4v) is 4.05. The van der Waals surface area contributed by atoms with Crippen molar-refractivity contribution in [3.63, 3.8) is 0 Å². The minimum Gasteiger partial charge on any atom is -0.478 e. The second-order valence-electron chi connectivity index (χ2n) is 9.09. The number of ether oxygens (including phenoxy) is 1. The van der Waals surface area contributed by atoms with E-state index in [-0.39, 0.29) is 34.2 Å². The average Bonchev–Trinajstić information content (AvgIpc) is 2.90. The van der Waals surface area contributed by atoms with Crippen LogP contribution in [-0.2, 0) is 14.8 Å². The highest BCUT2D eigenvalue weighted by Gasteiger charge is 2.20. The van der Waals surface area contributed by atoms with Gasteiger partial charge in [0.25, 0.3) is 11.8 Å². The zero-order valence-corrected chi connectivity index (χ0v) is 24.7. The second kappa shape index (κ2) is 14.9. The fourth-order valence-electron chi connectivity index (χ4n) is 3.56. The van der Waals surface area contributed by atoms with Crippen molar-refractivity contribution in [1.29, 1.82) is 0 Å². The van der Waals surface area contributed by atoms with Gasteiger partial charge < -0.3 is 25.4 Å². The number of carboxylic acid groups (broad SMARTS) is 1. The molecule has 0 bridgehead atoms. The molecule has 0 unspecified atom stereocenters. The number of rotatable bonds is 10. The van der Waals surface area contributed by atoms with Crippen molar-refractivity contribution >= 4 is 45.2 Å². The second-order valence-corrected chi connectivity index (χ2v) is 11.1. The first-order valence-corrected chi connectivity index (χ1v) is 14.2. The van der Waals surface area contributed by atoms with Gasteiger partial charge in [0.2, 0.25) is 10.0 Å². The lowest BCUT2D eigenvalue weighted by atomic mass is 10.1. The number of amides is 2. The highest BCUT2D eigenvalue weighted by Crippen LogP contribution is 2.22. The fraction of sp³-hybridized carbons (Fsp3) is 0.407. The first-order valence-electron chi connectivity index (χ1n) is 12.4. The van der Waals surface area contributed by atoms with Gasteiger partial charge in [-0.25, -0.2) is 18.0 Å². The van der Waals surface area contributed by atoms with Gasteiger partial charge in [-0.15, -0.1) is 0 Å². The van der Waals surface area contributed by atoms with E-state index in [1.807, 2.05) is 13.8 Å². The average molecular weight is 579 g/mol. The van der Waals surface area contributed by atoms with Crippen LogP contribution in [0.25, 0.3) is 0 Å². The van der Waals surface area contributed by atoms with Gasteiger partial charge in [0, 0.05) is 51.0 Å². The molecule has 0 saturated heterocycles. The first-order chi connectivity index (χ1) is 18.6. The van der Waals surface area contributed by atoms with E-state index in [9.17, 15) is 27.6 Å². The molecule has 2 aromatic carbocycles. The number of methoxy groups -OCH3 is 1. The van der Waals surface area contributed by atoms with Crippen LogP contribution in [0.2, 0.25) is 0 Å². The lowest BCUT2D eigenvalue weighted by Crippen LogP contribution is -2.29. The Labute approximate surface area is 235 Å². The van der Waals surface area contributed by atoms with E-state index >= 15 is 0 Å². The molecule has 40 heavy (non-hydrogen) atoms. The molecular formula is C27H38N4O8S.